The Morgan fingerprint density at radius 1 is 1.16 bits per heavy atom. The Labute approximate surface area is 114 Å². The van der Waals surface area contributed by atoms with Crippen molar-refractivity contribution in [3.8, 4) is 0 Å². The molecule has 0 aliphatic heterocycles. The van der Waals surface area contributed by atoms with Crippen LogP contribution in [0.4, 0.5) is 5.69 Å². The highest BCUT2D eigenvalue weighted by Gasteiger charge is 2.08. The summed E-state index contributed by atoms with van der Waals surface area (Å²) in [7, 11) is 5.28. The molecule has 1 rings (SSSR count). The second-order valence-corrected chi connectivity index (χ2v) is 4.53. The molecule has 1 aromatic rings. The number of carbonyl (C=O) groups is 2. The summed E-state index contributed by atoms with van der Waals surface area (Å²) in [6.07, 6.45) is 1.29. The zero-order valence-corrected chi connectivity index (χ0v) is 11.7. The van der Waals surface area contributed by atoms with Crippen molar-refractivity contribution in [2.45, 2.75) is 12.8 Å². The molecule has 0 aromatic heterocycles. The van der Waals surface area contributed by atoms with Gasteiger partial charge in [0.15, 0.2) is 0 Å². The van der Waals surface area contributed by atoms with Crippen molar-refractivity contribution >= 4 is 17.5 Å². The van der Waals surface area contributed by atoms with Crippen molar-refractivity contribution in [2.24, 2.45) is 0 Å². The third-order valence-corrected chi connectivity index (χ3v) is 2.65. The van der Waals surface area contributed by atoms with E-state index >= 15 is 0 Å². The first-order chi connectivity index (χ1) is 9.04. The van der Waals surface area contributed by atoms with E-state index in [4.69, 9.17) is 0 Å². The Hall–Kier alpha value is -1.88. The molecule has 0 saturated carbocycles. The van der Waals surface area contributed by atoms with Crippen LogP contribution in [0.2, 0.25) is 0 Å². The number of nitrogens with zero attached hydrogens (tertiary/aromatic N) is 1. The molecular weight excluding hydrogens is 242 g/mol. The first-order valence-corrected chi connectivity index (χ1v) is 6.30. The molecule has 0 unspecified atom stereocenters. The molecule has 0 saturated heterocycles. The highest BCUT2D eigenvalue weighted by atomic mass is 16.2. The third kappa shape index (κ3) is 5.09. The van der Waals surface area contributed by atoms with Gasteiger partial charge in [-0.2, -0.15) is 0 Å². The summed E-state index contributed by atoms with van der Waals surface area (Å²) in [6.45, 7) is 0.823. The lowest BCUT2D eigenvalue weighted by Crippen LogP contribution is -2.21. The van der Waals surface area contributed by atoms with Gasteiger partial charge in [-0.1, -0.05) is 0 Å². The van der Waals surface area contributed by atoms with Crippen molar-refractivity contribution in [1.82, 2.24) is 10.2 Å². The van der Waals surface area contributed by atoms with Gasteiger partial charge in [0.2, 0.25) is 5.91 Å². The molecular formula is C14H21N3O2. The molecule has 5 nitrogen and oxygen atoms in total. The van der Waals surface area contributed by atoms with Gasteiger partial charge in [-0.25, -0.2) is 0 Å². The molecule has 0 heterocycles. The monoisotopic (exact) mass is 263 g/mol. The molecule has 0 atom stereocenters. The quantitative estimate of drug-likeness (QED) is 0.761. The van der Waals surface area contributed by atoms with Crippen LogP contribution in [0.25, 0.3) is 0 Å². The van der Waals surface area contributed by atoms with Crippen molar-refractivity contribution in [1.29, 1.82) is 0 Å². The number of anilines is 1. The summed E-state index contributed by atoms with van der Waals surface area (Å²) in [5, 5.41) is 5.80. The van der Waals surface area contributed by atoms with Gasteiger partial charge in [-0.15, -0.1) is 0 Å². The van der Waals surface area contributed by atoms with Gasteiger partial charge in [0.25, 0.3) is 5.91 Å². The highest BCUT2D eigenvalue weighted by Crippen LogP contribution is 2.11. The number of hydrogen-bond donors (Lipinski definition) is 2. The molecule has 0 radical (unpaired) electrons. The first kappa shape index (κ1) is 15.2. The first-order valence-electron chi connectivity index (χ1n) is 6.30. The minimum Gasteiger partial charge on any atom is -0.345 e. The van der Waals surface area contributed by atoms with E-state index in [1.165, 1.54) is 4.90 Å². The number of amides is 2. The van der Waals surface area contributed by atoms with E-state index in [0.29, 0.717) is 17.7 Å². The predicted octanol–water partition coefficient (Wildman–Crippen LogP) is 1.33. The van der Waals surface area contributed by atoms with E-state index in [1.54, 1.807) is 38.4 Å². The van der Waals surface area contributed by atoms with Gasteiger partial charge >= 0.3 is 0 Å². The fourth-order valence-corrected chi connectivity index (χ4v) is 1.60. The molecule has 0 fully saturated rings. The van der Waals surface area contributed by atoms with E-state index in [9.17, 15) is 9.59 Å². The Balaban J connectivity index is 2.52. The third-order valence-electron chi connectivity index (χ3n) is 2.65. The van der Waals surface area contributed by atoms with Gasteiger partial charge in [-0.05, 0) is 44.3 Å². The van der Waals surface area contributed by atoms with Gasteiger partial charge in [0, 0.05) is 31.8 Å². The average molecular weight is 263 g/mol. The van der Waals surface area contributed by atoms with E-state index in [2.05, 4.69) is 10.6 Å². The Morgan fingerprint density at radius 3 is 2.32 bits per heavy atom. The van der Waals surface area contributed by atoms with Crippen molar-refractivity contribution < 1.29 is 9.59 Å². The van der Waals surface area contributed by atoms with Crippen LogP contribution >= 0.6 is 0 Å². The number of hydrogen-bond acceptors (Lipinski definition) is 3. The summed E-state index contributed by atoms with van der Waals surface area (Å²) < 4.78 is 0. The van der Waals surface area contributed by atoms with Crippen LogP contribution in [0.3, 0.4) is 0 Å². The van der Waals surface area contributed by atoms with Crippen LogP contribution in [0.5, 0.6) is 0 Å². The standard InChI is InChI=1S/C14H21N3O2/c1-15-10-4-5-13(18)16-12-8-6-11(7-9-12)14(19)17(2)3/h6-9,15H,4-5,10H2,1-3H3,(H,16,18). The number of rotatable bonds is 6. The second kappa shape index (κ2) is 7.53. The average Bonchev–Trinajstić information content (AvgIpc) is 2.39. The number of benzene rings is 1. The van der Waals surface area contributed by atoms with Crippen LogP contribution in [0.15, 0.2) is 24.3 Å². The summed E-state index contributed by atoms with van der Waals surface area (Å²) >= 11 is 0. The number of carbonyl (C=O) groups excluding carboxylic acids is 2. The molecule has 5 heteroatoms. The number of nitrogens with one attached hydrogen (secondary N) is 2. The SMILES string of the molecule is CNCCCC(=O)Nc1ccc(C(=O)N(C)C)cc1. The van der Waals surface area contributed by atoms with Gasteiger partial charge < -0.3 is 15.5 Å². The second-order valence-electron chi connectivity index (χ2n) is 4.53. The van der Waals surface area contributed by atoms with Crippen LogP contribution in [-0.2, 0) is 4.79 Å². The van der Waals surface area contributed by atoms with Crippen LogP contribution < -0.4 is 10.6 Å². The van der Waals surface area contributed by atoms with E-state index < -0.39 is 0 Å². The lowest BCUT2D eigenvalue weighted by Gasteiger charge is -2.11. The van der Waals surface area contributed by atoms with E-state index in [1.807, 2.05) is 7.05 Å². The van der Waals surface area contributed by atoms with Crippen molar-refractivity contribution in [2.75, 3.05) is 33.0 Å². The van der Waals surface area contributed by atoms with Crippen molar-refractivity contribution in [3.05, 3.63) is 29.8 Å². The molecule has 0 aliphatic rings. The lowest BCUT2D eigenvalue weighted by atomic mass is 10.2. The molecule has 2 N–H and O–H groups in total. The smallest absolute Gasteiger partial charge is 0.253 e. The summed E-state index contributed by atoms with van der Waals surface area (Å²) in [6, 6.07) is 6.91. The van der Waals surface area contributed by atoms with Gasteiger partial charge in [0.05, 0.1) is 0 Å². The molecule has 19 heavy (non-hydrogen) atoms. The zero-order chi connectivity index (χ0) is 14.3. The molecule has 0 bridgehead atoms. The minimum atomic E-state index is -0.0492. The van der Waals surface area contributed by atoms with Crippen molar-refractivity contribution in [3.63, 3.8) is 0 Å². The van der Waals surface area contributed by atoms with E-state index in [-0.39, 0.29) is 11.8 Å². The molecule has 0 spiro atoms. The summed E-state index contributed by atoms with van der Waals surface area (Å²) in [5.74, 6) is -0.0613. The molecule has 2 amide bonds. The van der Waals surface area contributed by atoms with E-state index in [0.717, 1.165) is 13.0 Å². The minimum absolute atomic E-state index is 0.0121. The normalized spacial score (nSPS) is 10.1. The van der Waals surface area contributed by atoms with Crippen LogP contribution in [0.1, 0.15) is 23.2 Å². The zero-order valence-electron chi connectivity index (χ0n) is 11.7. The molecule has 0 aliphatic carbocycles. The fourth-order valence-electron chi connectivity index (χ4n) is 1.60. The maximum Gasteiger partial charge on any atom is 0.253 e. The maximum atomic E-state index is 11.7. The fraction of sp³-hybridized carbons (Fsp3) is 0.429. The van der Waals surface area contributed by atoms with Gasteiger partial charge in [0.1, 0.15) is 0 Å². The maximum absolute atomic E-state index is 11.7. The van der Waals surface area contributed by atoms with Crippen LogP contribution in [-0.4, -0.2) is 44.4 Å². The topological polar surface area (TPSA) is 61.4 Å². The Kier molecular flexibility index (Phi) is 6.02. The molecule has 1 aromatic carbocycles. The predicted molar refractivity (Wildman–Crippen MR) is 76.2 cm³/mol. The van der Waals surface area contributed by atoms with Crippen LogP contribution in [0, 0.1) is 0 Å². The van der Waals surface area contributed by atoms with Gasteiger partial charge in [-0.3, -0.25) is 9.59 Å². The Morgan fingerprint density at radius 2 is 1.79 bits per heavy atom. The highest BCUT2D eigenvalue weighted by molar-refractivity contribution is 5.95. The Bertz CT molecular complexity index is 427. The molecule has 104 valence electrons. The summed E-state index contributed by atoms with van der Waals surface area (Å²) in [4.78, 5) is 24.8. The lowest BCUT2D eigenvalue weighted by molar-refractivity contribution is -0.116. The summed E-state index contributed by atoms with van der Waals surface area (Å²) in [5.41, 5.74) is 1.32. The largest absolute Gasteiger partial charge is 0.345 e.